The number of nitrogens with one attached hydrogen (secondary N) is 1. The number of fused-ring (bicyclic) bond motifs is 1. The lowest BCUT2D eigenvalue weighted by molar-refractivity contribution is -0.133. The summed E-state index contributed by atoms with van der Waals surface area (Å²) >= 11 is 1.72. The second-order valence-electron chi connectivity index (χ2n) is 9.94. The minimum absolute atomic E-state index is 0.0310. The van der Waals surface area contributed by atoms with E-state index in [1.807, 2.05) is 30.3 Å². The van der Waals surface area contributed by atoms with Gasteiger partial charge in [0.1, 0.15) is 23.1 Å². The standard InChI is InChI=1S/C28H27FN2O3S/c1-27(2)17-35-25-22(11-14-30-26(25)31-27)34-21-9-5-19(6-10-21)16-24(33)28(12-13-28)23(32)15-18-3-7-20(29)8-4-18/h3-11,14H,12-13,15-17H2,1-2H3,(H,30,31). The zero-order chi connectivity index (χ0) is 24.6. The summed E-state index contributed by atoms with van der Waals surface area (Å²) in [6.45, 7) is 4.28. The summed E-state index contributed by atoms with van der Waals surface area (Å²) in [6.07, 6.45) is 3.26. The van der Waals surface area contributed by atoms with Gasteiger partial charge in [-0.3, -0.25) is 9.59 Å². The molecule has 2 aliphatic rings. The van der Waals surface area contributed by atoms with Crippen molar-refractivity contribution in [1.29, 1.82) is 0 Å². The molecule has 7 heteroatoms. The predicted molar refractivity (Wildman–Crippen MR) is 135 cm³/mol. The van der Waals surface area contributed by atoms with Crippen molar-refractivity contribution >= 4 is 29.1 Å². The third kappa shape index (κ3) is 5.10. The van der Waals surface area contributed by atoms with Gasteiger partial charge < -0.3 is 10.1 Å². The van der Waals surface area contributed by atoms with Crippen LogP contribution in [-0.4, -0.2) is 27.8 Å². The highest BCUT2D eigenvalue weighted by Crippen LogP contribution is 2.49. The Morgan fingerprint density at radius 3 is 2.17 bits per heavy atom. The zero-order valence-electron chi connectivity index (χ0n) is 19.8. The van der Waals surface area contributed by atoms with E-state index >= 15 is 0 Å². The van der Waals surface area contributed by atoms with E-state index in [2.05, 4.69) is 24.1 Å². The van der Waals surface area contributed by atoms with Crippen LogP contribution in [0.15, 0.2) is 65.7 Å². The van der Waals surface area contributed by atoms with Crippen LogP contribution in [0.3, 0.4) is 0 Å². The van der Waals surface area contributed by atoms with Crippen molar-refractivity contribution < 1.29 is 18.7 Å². The van der Waals surface area contributed by atoms with Crippen LogP contribution in [0.1, 0.15) is 37.8 Å². The number of thioether (sulfide) groups is 1. The number of ether oxygens (including phenoxy) is 1. The first-order valence-corrected chi connectivity index (χ1v) is 12.7. The molecule has 1 aliphatic carbocycles. The largest absolute Gasteiger partial charge is 0.456 e. The maximum Gasteiger partial charge on any atom is 0.150 e. The molecule has 1 saturated carbocycles. The number of carbonyl (C=O) groups is 2. The average molecular weight is 491 g/mol. The number of Topliss-reactive ketones (excluding diaryl/α,β-unsaturated/α-hetero) is 2. The van der Waals surface area contributed by atoms with Gasteiger partial charge >= 0.3 is 0 Å². The van der Waals surface area contributed by atoms with Crippen LogP contribution < -0.4 is 10.1 Å². The molecule has 0 amide bonds. The first-order chi connectivity index (χ1) is 16.7. The number of ketones is 2. The lowest BCUT2D eigenvalue weighted by Crippen LogP contribution is -2.36. The van der Waals surface area contributed by atoms with E-state index in [4.69, 9.17) is 4.74 Å². The van der Waals surface area contributed by atoms with Crippen LogP contribution >= 0.6 is 11.8 Å². The van der Waals surface area contributed by atoms with E-state index in [1.165, 1.54) is 12.1 Å². The molecule has 5 nitrogen and oxygen atoms in total. The molecule has 180 valence electrons. The topological polar surface area (TPSA) is 68.3 Å². The Labute approximate surface area is 208 Å². The molecule has 1 aromatic heterocycles. The fraction of sp³-hybridized carbons (Fsp3) is 0.321. The third-order valence-corrected chi connectivity index (χ3v) is 8.06. The Kier molecular flexibility index (Phi) is 6.13. The van der Waals surface area contributed by atoms with E-state index in [0.29, 0.717) is 18.6 Å². The Hall–Kier alpha value is -3.19. The van der Waals surface area contributed by atoms with Crippen LogP contribution in [0.5, 0.6) is 11.5 Å². The Bertz CT molecular complexity index is 1270. The van der Waals surface area contributed by atoms with Crippen molar-refractivity contribution in [3.63, 3.8) is 0 Å². The van der Waals surface area contributed by atoms with Crippen LogP contribution in [0.25, 0.3) is 0 Å². The Balaban J connectivity index is 1.23. The van der Waals surface area contributed by atoms with Gasteiger partial charge in [-0.25, -0.2) is 9.37 Å². The molecule has 1 N–H and O–H groups in total. The molecule has 1 aliphatic heterocycles. The summed E-state index contributed by atoms with van der Waals surface area (Å²) in [4.78, 5) is 31.4. The molecule has 0 saturated heterocycles. The van der Waals surface area contributed by atoms with Gasteiger partial charge in [-0.1, -0.05) is 24.3 Å². The SMILES string of the molecule is CC1(C)CSc2c(Oc3ccc(CC(=O)C4(C(=O)Cc5ccc(F)cc5)CC4)cc3)ccnc2N1. The monoisotopic (exact) mass is 490 g/mol. The van der Waals surface area contributed by atoms with Gasteiger partial charge in [0.2, 0.25) is 0 Å². The number of rotatable bonds is 8. The van der Waals surface area contributed by atoms with Gasteiger partial charge in [0.15, 0.2) is 11.6 Å². The number of hydrogen-bond donors (Lipinski definition) is 1. The number of aromatic nitrogens is 1. The summed E-state index contributed by atoms with van der Waals surface area (Å²) in [6, 6.07) is 15.2. The number of hydrogen-bond acceptors (Lipinski definition) is 6. The number of pyridine rings is 1. The second kappa shape index (κ2) is 9.11. The smallest absolute Gasteiger partial charge is 0.150 e. The van der Waals surface area contributed by atoms with Gasteiger partial charge in [-0.2, -0.15) is 0 Å². The molecule has 3 aromatic rings. The fourth-order valence-electron chi connectivity index (χ4n) is 4.30. The predicted octanol–water partition coefficient (Wildman–Crippen LogP) is 6.01. The zero-order valence-corrected chi connectivity index (χ0v) is 20.6. The molecular formula is C28H27FN2O3S. The summed E-state index contributed by atoms with van der Waals surface area (Å²) in [5.74, 6) is 2.69. The van der Waals surface area contributed by atoms with Gasteiger partial charge in [0.25, 0.3) is 0 Å². The van der Waals surface area contributed by atoms with Crippen LogP contribution in [0, 0.1) is 11.2 Å². The van der Waals surface area contributed by atoms with E-state index < -0.39 is 5.41 Å². The molecule has 0 radical (unpaired) electrons. The summed E-state index contributed by atoms with van der Waals surface area (Å²) < 4.78 is 19.3. The molecule has 5 rings (SSSR count). The quantitative estimate of drug-likeness (QED) is 0.390. The lowest BCUT2D eigenvalue weighted by Gasteiger charge is -2.32. The van der Waals surface area contributed by atoms with E-state index in [1.54, 1.807) is 30.1 Å². The second-order valence-corrected chi connectivity index (χ2v) is 10.9. The van der Waals surface area contributed by atoms with Crippen LogP contribution in [0.2, 0.25) is 0 Å². The minimum atomic E-state index is -0.891. The Morgan fingerprint density at radius 2 is 1.57 bits per heavy atom. The molecule has 1 fully saturated rings. The lowest BCUT2D eigenvalue weighted by atomic mass is 9.88. The molecule has 0 atom stereocenters. The molecule has 2 heterocycles. The highest BCUT2D eigenvalue weighted by molar-refractivity contribution is 7.99. The summed E-state index contributed by atoms with van der Waals surface area (Å²) in [7, 11) is 0. The van der Waals surface area contributed by atoms with Crippen molar-refractivity contribution in [2.24, 2.45) is 5.41 Å². The van der Waals surface area contributed by atoms with Crippen molar-refractivity contribution in [2.45, 2.75) is 50.0 Å². The minimum Gasteiger partial charge on any atom is -0.456 e. The van der Waals surface area contributed by atoms with Crippen molar-refractivity contribution in [3.8, 4) is 11.5 Å². The first kappa shape index (κ1) is 23.5. The van der Waals surface area contributed by atoms with Crippen molar-refractivity contribution in [2.75, 3.05) is 11.1 Å². The van der Waals surface area contributed by atoms with E-state index in [0.717, 1.165) is 33.3 Å². The van der Waals surface area contributed by atoms with Gasteiger partial charge in [0.05, 0.1) is 10.3 Å². The highest BCUT2D eigenvalue weighted by atomic mass is 32.2. The van der Waals surface area contributed by atoms with Gasteiger partial charge in [-0.15, -0.1) is 11.8 Å². The Morgan fingerprint density at radius 1 is 0.971 bits per heavy atom. The van der Waals surface area contributed by atoms with Crippen LogP contribution in [0.4, 0.5) is 10.2 Å². The molecule has 35 heavy (non-hydrogen) atoms. The van der Waals surface area contributed by atoms with Gasteiger partial charge in [0, 0.05) is 36.4 Å². The molecule has 0 unspecified atom stereocenters. The maximum absolute atomic E-state index is 13.1. The van der Waals surface area contributed by atoms with E-state index in [-0.39, 0.29) is 35.8 Å². The highest BCUT2D eigenvalue weighted by Gasteiger charge is 2.54. The average Bonchev–Trinajstić information content (AvgIpc) is 3.64. The molecule has 0 bridgehead atoms. The fourth-order valence-corrected chi connectivity index (χ4v) is 5.37. The molecule has 2 aromatic carbocycles. The molecule has 0 spiro atoms. The molecular weight excluding hydrogens is 463 g/mol. The number of nitrogens with zero attached hydrogens (tertiary/aromatic N) is 1. The van der Waals surface area contributed by atoms with Crippen molar-refractivity contribution in [3.05, 3.63) is 77.7 Å². The van der Waals surface area contributed by atoms with Gasteiger partial charge in [-0.05, 0) is 62.1 Å². The number of benzene rings is 2. The maximum atomic E-state index is 13.1. The van der Waals surface area contributed by atoms with E-state index in [9.17, 15) is 14.0 Å². The number of halogens is 1. The van der Waals surface area contributed by atoms with Crippen LogP contribution in [-0.2, 0) is 22.4 Å². The number of anilines is 1. The summed E-state index contributed by atoms with van der Waals surface area (Å²) in [5.41, 5.74) is 0.652. The first-order valence-electron chi connectivity index (χ1n) is 11.7. The number of carbonyl (C=O) groups excluding carboxylic acids is 2. The normalized spacial score (nSPS) is 17.1. The third-order valence-electron chi connectivity index (χ3n) is 6.51. The summed E-state index contributed by atoms with van der Waals surface area (Å²) in [5, 5.41) is 3.45. The van der Waals surface area contributed by atoms with Crippen molar-refractivity contribution in [1.82, 2.24) is 4.98 Å².